The maximum absolute atomic E-state index is 9.87. The number of aliphatic hydroxyl groups excluding tert-OH is 2. The molecule has 1 aromatic carbocycles. The molecule has 0 spiro atoms. The van der Waals surface area contributed by atoms with E-state index in [0.717, 1.165) is 5.56 Å². The standard InChI is InChI=1S/C15H20O5/c1-9(17)11-7-10-5-6-15(2,8-16)20-12(10)14(19-4)13(11)18-3/h5-7,9,16-17H,8H2,1-4H3/t9-,15+/m1/s1. The molecule has 0 fully saturated rings. The van der Waals surface area contributed by atoms with Crippen LogP contribution in [0.25, 0.3) is 6.08 Å². The van der Waals surface area contributed by atoms with Gasteiger partial charge in [0.1, 0.15) is 5.60 Å². The summed E-state index contributed by atoms with van der Waals surface area (Å²) in [6.07, 6.45) is 2.94. The lowest BCUT2D eigenvalue weighted by Gasteiger charge is -2.32. The predicted molar refractivity (Wildman–Crippen MR) is 75.3 cm³/mol. The molecule has 1 aromatic rings. The fraction of sp³-hybridized carbons (Fsp3) is 0.467. The number of hydrogen-bond acceptors (Lipinski definition) is 5. The highest BCUT2D eigenvalue weighted by molar-refractivity contribution is 5.71. The monoisotopic (exact) mass is 280 g/mol. The van der Waals surface area contributed by atoms with Crippen LogP contribution in [0.2, 0.25) is 0 Å². The fourth-order valence-corrected chi connectivity index (χ4v) is 2.22. The van der Waals surface area contributed by atoms with E-state index in [1.165, 1.54) is 14.2 Å². The number of rotatable bonds is 4. The summed E-state index contributed by atoms with van der Waals surface area (Å²) in [6.45, 7) is 3.29. The first-order chi connectivity index (χ1) is 9.45. The van der Waals surface area contributed by atoms with Crippen molar-refractivity contribution in [3.05, 3.63) is 23.3 Å². The highest BCUT2D eigenvalue weighted by Gasteiger charge is 2.32. The average molecular weight is 280 g/mol. The van der Waals surface area contributed by atoms with Crippen LogP contribution < -0.4 is 14.2 Å². The van der Waals surface area contributed by atoms with Crippen LogP contribution in [-0.4, -0.2) is 36.6 Å². The van der Waals surface area contributed by atoms with Crippen molar-refractivity contribution < 1.29 is 24.4 Å². The molecule has 20 heavy (non-hydrogen) atoms. The van der Waals surface area contributed by atoms with Crippen molar-refractivity contribution in [3.63, 3.8) is 0 Å². The van der Waals surface area contributed by atoms with Gasteiger partial charge in [0.05, 0.1) is 26.9 Å². The summed E-state index contributed by atoms with van der Waals surface area (Å²) in [5.41, 5.74) is 0.617. The van der Waals surface area contributed by atoms with Crippen LogP contribution in [0, 0.1) is 0 Å². The summed E-state index contributed by atoms with van der Waals surface area (Å²) >= 11 is 0. The van der Waals surface area contributed by atoms with E-state index in [-0.39, 0.29) is 6.61 Å². The third-order valence-electron chi connectivity index (χ3n) is 3.37. The van der Waals surface area contributed by atoms with Gasteiger partial charge in [-0.05, 0) is 26.0 Å². The van der Waals surface area contributed by atoms with E-state index in [2.05, 4.69) is 0 Å². The van der Waals surface area contributed by atoms with Gasteiger partial charge in [-0.25, -0.2) is 0 Å². The molecule has 1 aliphatic rings. The van der Waals surface area contributed by atoms with Crippen LogP contribution in [0.5, 0.6) is 17.2 Å². The smallest absolute Gasteiger partial charge is 0.204 e. The summed E-state index contributed by atoms with van der Waals surface area (Å²) < 4.78 is 16.6. The molecule has 110 valence electrons. The van der Waals surface area contributed by atoms with E-state index in [0.29, 0.717) is 22.8 Å². The second kappa shape index (κ2) is 5.34. The lowest BCUT2D eigenvalue weighted by atomic mass is 9.97. The maximum atomic E-state index is 9.87. The largest absolute Gasteiger partial charge is 0.492 e. The van der Waals surface area contributed by atoms with Crippen molar-refractivity contribution in [2.45, 2.75) is 25.6 Å². The quantitative estimate of drug-likeness (QED) is 0.882. The second-order valence-corrected chi connectivity index (χ2v) is 5.03. The van der Waals surface area contributed by atoms with Crippen molar-refractivity contribution in [2.75, 3.05) is 20.8 Å². The van der Waals surface area contributed by atoms with Crippen LogP contribution in [0.1, 0.15) is 31.1 Å². The minimum Gasteiger partial charge on any atom is -0.492 e. The van der Waals surface area contributed by atoms with Gasteiger partial charge in [0.15, 0.2) is 11.5 Å². The Morgan fingerprint density at radius 3 is 2.45 bits per heavy atom. The van der Waals surface area contributed by atoms with Crippen molar-refractivity contribution in [3.8, 4) is 17.2 Å². The summed E-state index contributed by atoms with van der Waals surface area (Å²) in [5.74, 6) is 1.37. The minimum absolute atomic E-state index is 0.146. The molecule has 5 nitrogen and oxygen atoms in total. The number of aliphatic hydroxyl groups is 2. The van der Waals surface area contributed by atoms with Gasteiger partial charge in [-0.2, -0.15) is 0 Å². The Bertz CT molecular complexity index is 536. The van der Waals surface area contributed by atoms with E-state index in [9.17, 15) is 10.2 Å². The van der Waals surface area contributed by atoms with E-state index in [1.54, 1.807) is 26.0 Å². The summed E-state index contributed by atoms with van der Waals surface area (Å²) in [5, 5.41) is 19.3. The SMILES string of the molecule is COc1c([C@@H](C)O)cc2c(c1OC)O[C@](C)(CO)C=C2. The van der Waals surface area contributed by atoms with Crippen molar-refractivity contribution >= 4 is 6.08 Å². The normalized spacial score (nSPS) is 21.9. The van der Waals surface area contributed by atoms with Crippen LogP contribution in [-0.2, 0) is 0 Å². The van der Waals surface area contributed by atoms with Gasteiger partial charge in [-0.3, -0.25) is 0 Å². The zero-order valence-corrected chi connectivity index (χ0v) is 12.1. The van der Waals surface area contributed by atoms with E-state index in [1.807, 2.05) is 6.08 Å². The molecule has 2 atom stereocenters. The molecule has 0 aliphatic carbocycles. The molecule has 0 saturated heterocycles. The molecule has 0 aromatic heterocycles. The van der Waals surface area contributed by atoms with E-state index >= 15 is 0 Å². The summed E-state index contributed by atoms with van der Waals surface area (Å²) in [7, 11) is 3.03. The van der Waals surface area contributed by atoms with Gasteiger partial charge in [0.2, 0.25) is 5.75 Å². The molecule has 0 bridgehead atoms. The third kappa shape index (κ3) is 2.34. The van der Waals surface area contributed by atoms with Gasteiger partial charge in [0, 0.05) is 11.1 Å². The number of ether oxygens (including phenoxy) is 3. The predicted octanol–water partition coefficient (Wildman–Crippen LogP) is 1.91. The Morgan fingerprint density at radius 2 is 1.95 bits per heavy atom. The van der Waals surface area contributed by atoms with Gasteiger partial charge < -0.3 is 24.4 Å². The Morgan fingerprint density at radius 1 is 1.30 bits per heavy atom. The molecule has 0 radical (unpaired) electrons. The van der Waals surface area contributed by atoms with Gasteiger partial charge in [-0.1, -0.05) is 6.08 Å². The highest BCUT2D eigenvalue weighted by Crippen LogP contribution is 2.48. The Labute approximate surface area is 118 Å². The first kappa shape index (κ1) is 14.7. The average Bonchev–Trinajstić information content (AvgIpc) is 2.45. The molecule has 0 amide bonds. The van der Waals surface area contributed by atoms with Crippen LogP contribution >= 0.6 is 0 Å². The molecule has 2 rings (SSSR count). The second-order valence-electron chi connectivity index (χ2n) is 5.03. The van der Waals surface area contributed by atoms with E-state index < -0.39 is 11.7 Å². The zero-order chi connectivity index (χ0) is 14.9. The molecule has 0 unspecified atom stereocenters. The first-order valence-electron chi connectivity index (χ1n) is 6.42. The Kier molecular flexibility index (Phi) is 3.92. The number of benzene rings is 1. The van der Waals surface area contributed by atoms with Crippen LogP contribution in [0.3, 0.4) is 0 Å². The highest BCUT2D eigenvalue weighted by atomic mass is 16.5. The maximum Gasteiger partial charge on any atom is 0.204 e. The number of methoxy groups -OCH3 is 2. The molecule has 1 aliphatic heterocycles. The minimum atomic E-state index is -0.794. The van der Waals surface area contributed by atoms with Gasteiger partial charge in [-0.15, -0.1) is 0 Å². The molecule has 0 saturated carbocycles. The van der Waals surface area contributed by atoms with E-state index in [4.69, 9.17) is 14.2 Å². The molecule has 1 heterocycles. The van der Waals surface area contributed by atoms with Crippen molar-refractivity contribution in [1.82, 2.24) is 0 Å². The zero-order valence-electron chi connectivity index (χ0n) is 12.1. The van der Waals surface area contributed by atoms with Crippen LogP contribution in [0.15, 0.2) is 12.1 Å². The summed E-state index contributed by atoms with van der Waals surface area (Å²) in [4.78, 5) is 0. The lowest BCUT2D eigenvalue weighted by Crippen LogP contribution is -2.36. The topological polar surface area (TPSA) is 68.2 Å². The van der Waals surface area contributed by atoms with Gasteiger partial charge >= 0.3 is 0 Å². The van der Waals surface area contributed by atoms with Crippen molar-refractivity contribution in [2.24, 2.45) is 0 Å². The Balaban J connectivity index is 2.65. The number of fused-ring (bicyclic) bond motifs is 1. The molecule has 5 heteroatoms. The van der Waals surface area contributed by atoms with Crippen molar-refractivity contribution in [1.29, 1.82) is 0 Å². The molecular weight excluding hydrogens is 260 g/mol. The molecule has 2 N–H and O–H groups in total. The number of hydrogen-bond donors (Lipinski definition) is 2. The molecular formula is C15H20O5. The van der Waals surface area contributed by atoms with Crippen LogP contribution in [0.4, 0.5) is 0 Å². The Hall–Kier alpha value is -1.72. The fourth-order valence-electron chi connectivity index (χ4n) is 2.22. The van der Waals surface area contributed by atoms with Gasteiger partial charge in [0.25, 0.3) is 0 Å². The first-order valence-corrected chi connectivity index (χ1v) is 6.42. The lowest BCUT2D eigenvalue weighted by molar-refractivity contribution is 0.0609. The summed E-state index contributed by atoms with van der Waals surface area (Å²) in [6, 6.07) is 1.80. The third-order valence-corrected chi connectivity index (χ3v) is 3.37.